The predicted octanol–water partition coefficient (Wildman–Crippen LogP) is 7.75. The van der Waals surface area contributed by atoms with Gasteiger partial charge in [-0.3, -0.25) is 9.97 Å². The molecule has 4 aromatic rings. The van der Waals surface area contributed by atoms with Crippen molar-refractivity contribution < 1.29 is 14.4 Å². The maximum Gasteiger partial charge on any atom is 0.494 e. The standard InChI is InChI=1S/C18H24BNO2.C12H13NO.C2H6/c1-12(2)15-9-7-13-11-14(8-10-16(13)20-15)19-21-17(3,4)18(5,6)22-19;1-8(2)11-5-3-9-7-10(14)4-6-12(9)13-11;1-2/h7-12H,1-6H3;3-8,14H,1-2H3;1-2H3. The van der Waals surface area contributed by atoms with E-state index >= 15 is 0 Å². The van der Waals surface area contributed by atoms with Gasteiger partial charge < -0.3 is 14.4 Å². The predicted molar refractivity (Wildman–Crippen MR) is 160 cm³/mol. The molecule has 2 aromatic carbocycles. The zero-order valence-electron chi connectivity index (χ0n) is 24.7. The van der Waals surface area contributed by atoms with E-state index in [4.69, 9.17) is 14.3 Å². The van der Waals surface area contributed by atoms with Gasteiger partial charge in [0.15, 0.2) is 0 Å². The Bertz CT molecular complexity index is 1370. The third kappa shape index (κ3) is 6.54. The van der Waals surface area contributed by atoms with E-state index in [0.29, 0.717) is 11.8 Å². The van der Waals surface area contributed by atoms with E-state index in [1.807, 2.05) is 32.0 Å². The summed E-state index contributed by atoms with van der Waals surface area (Å²) in [7, 11) is -0.320. The fourth-order valence-electron chi connectivity index (χ4n) is 4.06. The van der Waals surface area contributed by atoms with Crippen LogP contribution in [0.25, 0.3) is 21.8 Å². The average molecular weight is 515 g/mol. The number of fused-ring (bicyclic) bond motifs is 2. The molecule has 202 valence electrons. The van der Waals surface area contributed by atoms with Crippen LogP contribution >= 0.6 is 0 Å². The van der Waals surface area contributed by atoms with Gasteiger partial charge in [0, 0.05) is 16.8 Å². The summed E-state index contributed by atoms with van der Waals surface area (Å²) in [6, 6.07) is 19.7. The normalized spacial score (nSPS) is 15.8. The molecule has 1 fully saturated rings. The molecular formula is C32H43BN2O3. The van der Waals surface area contributed by atoms with Crippen molar-refractivity contribution in [1.29, 1.82) is 0 Å². The number of rotatable bonds is 3. The first-order chi connectivity index (χ1) is 17.9. The summed E-state index contributed by atoms with van der Waals surface area (Å²) in [6.07, 6.45) is 0. The molecule has 0 atom stereocenters. The Morgan fingerprint density at radius 2 is 1.11 bits per heavy atom. The van der Waals surface area contributed by atoms with Crippen molar-refractivity contribution in [2.24, 2.45) is 0 Å². The van der Waals surface area contributed by atoms with Gasteiger partial charge >= 0.3 is 7.12 Å². The van der Waals surface area contributed by atoms with E-state index in [1.165, 1.54) is 0 Å². The smallest absolute Gasteiger partial charge is 0.494 e. The van der Waals surface area contributed by atoms with Crippen LogP contribution < -0.4 is 5.46 Å². The molecule has 0 radical (unpaired) electrons. The van der Waals surface area contributed by atoms with Gasteiger partial charge in [-0.05, 0) is 86.8 Å². The monoisotopic (exact) mass is 514 g/mol. The Morgan fingerprint density at radius 3 is 1.58 bits per heavy atom. The van der Waals surface area contributed by atoms with Crippen LogP contribution in [0, 0.1) is 0 Å². The van der Waals surface area contributed by atoms with Crippen molar-refractivity contribution in [3.63, 3.8) is 0 Å². The van der Waals surface area contributed by atoms with Gasteiger partial charge in [0.05, 0.1) is 22.2 Å². The van der Waals surface area contributed by atoms with Crippen LogP contribution in [0.15, 0.2) is 60.7 Å². The van der Waals surface area contributed by atoms with Gasteiger partial charge in [0.25, 0.3) is 0 Å². The first-order valence-corrected chi connectivity index (χ1v) is 13.7. The second-order valence-corrected chi connectivity index (χ2v) is 11.2. The van der Waals surface area contributed by atoms with Gasteiger partial charge in [-0.25, -0.2) is 0 Å². The molecule has 5 rings (SSSR count). The molecule has 5 nitrogen and oxygen atoms in total. The van der Waals surface area contributed by atoms with Crippen molar-refractivity contribution in [3.05, 3.63) is 72.1 Å². The minimum Gasteiger partial charge on any atom is -0.508 e. The zero-order valence-corrected chi connectivity index (χ0v) is 24.7. The Balaban J connectivity index is 0.000000215. The molecule has 0 spiro atoms. The SMILES string of the molecule is CC.CC(C)c1ccc2cc(B3OC(C)(C)C(C)(C)O3)ccc2n1.CC(C)c1ccc2cc(O)ccc2n1. The van der Waals surface area contributed by atoms with E-state index in [9.17, 15) is 5.11 Å². The molecule has 6 heteroatoms. The lowest BCUT2D eigenvalue weighted by atomic mass is 9.78. The Hall–Kier alpha value is -2.96. The van der Waals surface area contributed by atoms with Gasteiger partial charge in [-0.15, -0.1) is 0 Å². The summed E-state index contributed by atoms with van der Waals surface area (Å²) in [5.41, 5.74) is 4.59. The second kappa shape index (κ2) is 11.8. The van der Waals surface area contributed by atoms with Crippen LogP contribution in [0.5, 0.6) is 5.75 Å². The molecule has 1 aliphatic rings. The van der Waals surface area contributed by atoms with Crippen LogP contribution in [0.2, 0.25) is 0 Å². The molecule has 3 heterocycles. The first kappa shape index (κ1) is 29.6. The van der Waals surface area contributed by atoms with Gasteiger partial charge in [0.1, 0.15) is 5.75 Å². The van der Waals surface area contributed by atoms with Gasteiger partial charge in [-0.1, -0.05) is 65.8 Å². The highest BCUT2D eigenvalue weighted by molar-refractivity contribution is 6.62. The molecule has 0 bridgehead atoms. The Labute approximate surface area is 228 Å². The lowest BCUT2D eigenvalue weighted by Gasteiger charge is -2.32. The van der Waals surface area contributed by atoms with E-state index in [-0.39, 0.29) is 24.1 Å². The van der Waals surface area contributed by atoms with E-state index in [1.54, 1.807) is 12.1 Å². The lowest BCUT2D eigenvalue weighted by molar-refractivity contribution is 0.00578. The molecule has 1 N–H and O–H groups in total. The quantitative estimate of drug-likeness (QED) is 0.283. The lowest BCUT2D eigenvalue weighted by Crippen LogP contribution is -2.41. The minimum atomic E-state index is -0.320. The third-order valence-electron chi connectivity index (χ3n) is 7.14. The third-order valence-corrected chi connectivity index (χ3v) is 7.14. The Kier molecular flexibility index (Phi) is 9.22. The summed E-state index contributed by atoms with van der Waals surface area (Å²) in [4.78, 5) is 9.22. The van der Waals surface area contributed by atoms with Crippen molar-refractivity contribution in [3.8, 4) is 5.75 Å². The summed E-state index contributed by atoms with van der Waals surface area (Å²) < 4.78 is 12.2. The molecule has 0 aliphatic carbocycles. The number of hydrogen-bond donors (Lipinski definition) is 1. The maximum absolute atomic E-state index is 9.28. The topological polar surface area (TPSA) is 64.5 Å². The summed E-state index contributed by atoms with van der Waals surface area (Å²) >= 11 is 0. The van der Waals surface area contributed by atoms with Crippen LogP contribution in [0.1, 0.15) is 92.5 Å². The molecule has 1 aliphatic heterocycles. The number of aromatic hydroxyl groups is 1. The number of pyridine rings is 2. The van der Waals surface area contributed by atoms with Crippen LogP contribution in [-0.2, 0) is 9.31 Å². The average Bonchev–Trinajstić information content (AvgIpc) is 3.11. The molecule has 0 amide bonds. The molecule has 1 saturated heterocycles. The maximum atomic E-state index is 9.28. The second-order valence-electron chi connectivity index (χ2n) is 11.2. The van der Waals surface area contributed by atoms with Crippen LogP contribution in [-0.4, -0.2) is 33.4 Å². The molecule has 0 saturated carbocycles. The summed E-state index contributed by atoms with van der Waals surface area (Å²) in [5.74, 6) is 1.16. The van der Waals surface area contributed by atoms with Crippen LogP contribution in [0.3, 0.4) is 0 Å². The Morgan fingerprint density at radius 1 is 0.658 bits per heavy atom. The minimum absolute atomic E-state index is 0.289. The number of benzene rings is 2. The summed E-state index contributed by atoms with van der Waals surface area (Å²) in [6.45, 7) is 20.9. The van der Waals surface area contributed by atoms with Gasteiger partial charge in [0.2, 0.25) is 0 Å². The van der Waals surface area contributed by atoms with E-state index < -0.39 is 0 Å². The number of phenols is 1. The highest BCUT2D eigenvalue weighted by Gasteiger charge is 2.51. The van der Waals surface area contributed by atoms with Gasteiger partial charge in [-0.2, -0.15) is 0 Å². The number of hydrogen-bond acceptors (Lipinski definition) is 5. The summed E-state index contributed by atoms with van der Waals surface area (Å²) in [5, 5.41) is 11.4. The first-order valence-electron chi connectivity index (χ1n) is 13.7. The molecular weight excluding hydrogens is 471 g/mol. The fourth-order valence-corrected chi connectivity index (χ4v) is 4.06. The number of phenolic OH excluding ortho intramolecular Hbond substituents is 1. The zero-order chi connectivity index (χ0) is 28.3. The number of aromatic nitrogens is 2. The fraction of sp³-hybridized carbons (Fsp3) is 0.438. The highest BCUT2D eigenvalue weighted by Crippen LogP contribution is 2.36. The largest absolute Gasteiger partial charge is 0.508 e. The molecule has 2 aromatic heterocycles. The van der Waals surface area contributed by atoms with Crippen molar-refractivity contribution >= 4 is 34.4 Å². The molecule has 38 heavy (non-hydrogen) atoms. The van der Waals surface area contributed by atoms with E-state index in [0.717, 1.165) is 38.7 Å². The highest BCUT2D eigenvalue weighted by atomic mass is 16.7. The van der Waals surface area contributed by atoms with Crippen molar-refractivity contribution in [2.45, 2.75) is 92.3 Å². The van der Waals surface area contributed by atoms with Crippen LogP contribution in [0.4, 0.5) is 0 Å². The van der Waals surface area contributed by atoms with Crippen molar-refractivity contribution in [1.82, 2.24) is 9.97 Å². The van der Waals surface area contributed by atoms with E-state index in [2.05, 4.69) is 90.7 Å². The molecule has 0 unspecified atom stereocenters. The van der Waals surface area contributed by atoms with Crippen molar-refractivity contribution in [2.75, 3.05) is 0 Å². The number of nitrogens with zero attached hydrogens (tertiary/aromatic N) is 2.